The first-order chi connectivity index (χ1) is 5.56. The van der Waals surface area contributed by atoms with Gasteiger partial charge in [0.1, 0.15) is 0 Å². The highest BCUT2D eigenvalue weighted by Gasteiger charge is 1.99. The van der Waals surface area contributed by atoms with Gasteiger partial charge >= 0.3 is 0 Å². The van der Waals surface area contributed by atoms with Crippen LogP contribution in [0.15, 0.2) is 0 Å². The van der Waals surface area contributed by atoms with Crippen molar-refractivity contribution in [1.29, 1.82) is 0 Å². The fourth-order valence-corrected chi connectivity index (χ4v) is 1.18. The summed E-state index contributed by atoms with van der Waals surface area (Å²) in [7, 11) is -3.29. The number of rotatable bonds is 7. The zero-order chi connectivity index (χ0) is 9.45. The molecule has 0 unspecified atom stereocenters. The molecule has 0 aromatic heterocycles. The van der Waals surface area contributed by atoms with Gasteiger partial charge in [0.25, 0.3) is 10.1 Å². The number of alkyl halides is 1. The third kappa shape index (κ3) is 9.84. The highest BCUT2D eigenvalue weighted by molar-refractivity contribution is 7.85. The monoisotopic (exact) mass is 198 g/mol. The molecule has 0 N–H and O–H groups in total. The van der Waals surface area contributed by atoms with Crippen molar-refractivity contribution < 1.29 is 17.0 Å². The fraction of sp³-hybridized carbons (Fsp3) is 1.00. The summed E-state index contributed by atoms with van der Waals surface area (Å²) in [5, 5.41) is 0. The zero-order valence-electron chi connectivity index (χ0n) is 7.25. The minimum absolute atomic E-state index is 0.213. The second kappa shape index (κ2) is 6.37. The molecule has 0 aliphatic heterocycles. The number of unbranched alkanes of at least 4 members (excludes halogenated alkanes) is 3. The van der Waals surface area contributed by atoms with Crippen LogP contribution in [-0.4, -0.2) is 28.0 Å². The number of hydrogen-bond acceptors (Lipinski definition) is 3. The lowest BCUT2D eigenvalue weighted by molar-refractivity contribution is 0.308. The van der Waals surface area contributed by atoms with Gasteiger partial charge in [-0.1, -0.05) is 12.8 Å². The highest BCUT2D eigenvalue weighted by Crippen LogP contribution is 2.01. The standard InChI is InChI=1S/C7H15FO3S/c1-12(9,10)11-7-5-3-2-4-6-8/h2-7H2,1H3. The third-order valence-electron chi connectivity index (χ3n) is 1.33. The summed E-state index contributed by atoms with van der Waals surface area (Å²) in [4.78, 5) is 0. The summed E-state index contributed by atoms with van der Waals surface area (Å²) in [6.07, 6.45) is 3.86. The van der Waals surface area contributed by atoms with Crippen molar-refractivity contribution in [3.63, 3.8) is 0 Å². The summed E-state index contributed by atoms with van der Waals surface area (Å²) >= 11 is 0. The molecule has 0 aromatic carbocycles. The van der Waals surface area contributed by atoms with E-state index >= 15 is 0 Å². The van der Waals surface area contributed by atoms with E-state index in [0.29, 0.717) is 12.8 Å². The van der Waals surface area contributed by atoms with Crippen molar-refractivity contribution in [3.8, 4) is 0 Å². The van der Waals surface area contributed by atoms with Gasteiger partial charge in [-0.15, -0.1) is 0 Å². The molecular weight excluding hydrogens is 183 g/mol. The normalized spacial score (nSPS) is 11.8. The van der Waals surface area contributed by atoms with E-state index in [-0.39, 0.29) is 13.3 Å². The maximum atomic E-state index is 11.6. The Hall–Kier alpha value is -0.160. The number of hydrogen-bond donors (Lipinski definition) is 0. The van der Waals surface area contributed by atoms with Crippen LogP contribution in [-0.2, 0) is 14.3 Å². The molecule has 0 radical (unpaired) electrons. The molecule has 0 saturated heterocycles. The molecule has 0 bridgehead atoms. The van der Waals surface area contributed by atoms with Gasteiger partial charge in [-0.25, -0.2) is 0 Å². The average molecular weight is 198 g/mol. The highest BCUT2D eigenvalue weighted by atomic mass is 32.2. The summed E-state index contributed by atoms with van der Waals surface area (Å²) < 4.78 is 36.9. The van der Waals surface area contributed by atoms with E-state index < -0.39 is 10.1 Å². The van der Waals surface area contributed by atoms with Crippen LogP contribution in [0.3, 0.4) is 0 Å². The molecule has 3 nitrogen and oxygen atoms in total. The summed E-state index contributed by atoms with van der Waals surface area (Å²) in [6.45, 7) is -0.0853. The fourth-order valence-electron chi connectivity index (χ4n) is 0.760. The SMILES string of the molecule is CS(=O)(=O)OCCCCCCF. The molecule has 0 atom stereocenters. The predicted octanol–water partition coefficient (Wildman–Crippen LogP) is 1.49. The molecule has 5 heteroatoms. The summed E-state index contributed by atoms with van der Waals surface area (Å²) in [5.74, 6) is 0. The molecule has 0 amide bonds. The van der Waals surface area contributed by atoms with Crippen LogP contribution >= 0.6 is 0 Å². The minimum atomic E-state index is -3.29. The lowest BCUT2D eigenvalue weighted by Gasteiger charge is -1.99. The van der Waals surface area contributed by atoms with Crippen molar-refractivity contribution in [2.45, 2.75) is 25.7 Å². The number of halogens is 1. The van der Waals surface area contributed by atoms with Crippen molar-refractivity contribution in [3.05, 3.63) is 0 Å². The molecule has 74 valence electrons. The van der Waals surface area contributed by atoms with Crippen molar-refractivity contribution >= 4 is 10.1 Å². The van der Waals surface area contributed by atoms with Crippen molar-refractivity contribution in [1.82, 2.24) is 0 Å². The smallest absolute Gasteiger partial charge is 0.264 e. The molecule has 0 spiro atoms. The predicted molar refractivity (Wildman–Crippen MR) is 45.2 cm³/mol. The third-order valence-corrected chi connectivity index (χ3v) is 1.92. The van der Waals surface area contributed by atoms with Crippen molar-refractivity contribution in [2.24, 2.45) is 0 Å². The molecule has 0 saturated carbocycles. The minimum Gasteiger partial charge on any atom is -0.270 e. The van der Waals surface area contributed by atoms with Crippen LogP contribution in [0.5, 0.6) is 0 Å². The second-order valence-corrected chi connectivity index (χ2v) is 4.27. The van der Waals surface area contributed by atoms with Crippen LogP contribution < -0.4 is 0 Å². The molecule has 0 heterocycles. The quantitative estimate of drug-likeness (QED) is 0.460. The Morgan fingerprint density at radius 1 is 1.17 bits per heavy atom. The van der Waals surface area contributed by atoms with E-state index in [9.17, 15) is 12.8 Å². The molecule has 0 aliphatic rings. The first-order valence-electron chi connectivity index (χ1n) is 3.96. The van der Waals surface area contributed by atoms with Gasteiger partial charge in [-0.2, -0.15) is 8.42 Å². The Bertz CT molecular complexity index is 189. The van der Waals surface area contributed by atoms with Gasteiger partial charge in [0.15, 0.2) is 0 Å². The van der Waals surface area contributed by atoms with Crippen LogP contribution in [0.4, 0.5) is 4.39 Å². The first-order valence-corrected chi connectivity index (χ1v) is 5.78. The molecule has 0 fully saturated rings. The second-order valence-electron chi connectivity index (χ2n) is 2.63. The first kappa shape index (κ1) is 11.8. The Kier molecular flexibility index (Phi) is 6.28. The Labute approximate surface area is 73.0 Å². The molecule has 0 aliphatic carbocycles. The van der Waals surface area contributed by atoms with Gasteiger partial charge in [-0.3, -0.25) is 8.57 Å². The molecule has 0 rings (SSSR count). The van der Waals surface area contributed by atoms with Gasteiger partial charge in [0.05, 0.1) is 19.5 Å². The van der Waals surface area contributed by atoms with Gasteiger partial charge in [0, 0.05) is 0 Å². The van der Waals surface area contributed by atoms with E-state index in [1.54, 1.807) is 0 Å². The molecule has 12 heavy (non-hydrogen) atoms. The molecular formula is C7H15FO3S. The van der Waals surface area contributed by atoms with Crippen LogP contribution in [0.1, 0.15) is 25.7 Å². The van der Waals surface area contributed by atoms with Crippen LogP contribution in [0.2, 0.25) is 0 Å². The van der Waals surface area contributed by atoms with E-state index in [4.69, 9.17) is 0 Å². The largest absolute Gasteiger partial charge is 0.270 e. The molecule has 0 aromatic rings. The van der Waals surface area contributed by atoms with Gasteiger partial charge in [-0.05, 0) is 12.8 Å². The Morgan fingerprint density at radius 3 is 2.25 bits per heavy atom. The topological polar surface area (TPSA) is 43.4 Å². The van der Waals surface area contributed by atoms with Crippen LogP contribution in [0, 0.1) is 0 Å². The van der Waals surface area contributed by atoms with E-state index in [1.165, 1.54) is 0 Å². The van der Waals surface area contributed by atoms with Crippen LogP contribution in [0.25, 0.3) is 0 Å². The lowest BCUT2D eigenvalue weighted by Crippen LogP contribution is -2.03. The summed E-state index contributed by atoms with van der Waals surface area (Å²) in [5.41, 5.74) is 0. The van der Waals surface area contributed by atoms with Gasteiger partial charge < -0.3 is 0 Å². The Balaban J connectivity index is 3.12. The summed E-state index contributed by atoms with van der Waals surface area (Å²) in [6, 6.07) is 0. The van der Waals surface area contributed by atoms with E-state index in [0.717, 1.165) is 19.1 Å². The average Bonchev–Trinajstić information content (AvgIpc) is 1.94. The Morgan fingerprint density at radius 2 is 1.75 bits per heavy atom. The maximum Gasteiger partial charge on any atom is 0.264 e. The maximum absolute atomic E-state index is 11.6. The zero-order valence-corrected chi connectivity index (χ0v) is 8.07. The van der Waals surface area contributed by atoms with E-state index in [1.807, 2.05) is 0 Å². The van der Waals surface area contributed by atoms with Gasteiger partial charge in [0.2, 0.25) is 0 Å². The van der Waals surface area contributed by atoms with Crippen molar-refractivity contribution in [2.75, 3.05) is 19.5 Å². The lowest BCUT2D eigenvalue weighted by atomic mass is 10.2. The van der Waals surface area contributed by atoms with E-state index in [2.05, 4.69) is 4.18 Å².